The van der Waals surface area contributed by atoms with Gasteiger partial charge in [-0.05, 0) is 85.9 Å². The zero-order chi connectivity index (χ0) is 28.4. The number of amides is 1. The summed E-state index contributed by atoms with van der Waals surface area (Å²) < 4.78 is 5.88. The topological polar surface area (TPSA) is 97.0 Å². The van der Waals surface area contributed by atoms with Crippen molar-refractivity contribution in [2.75, 3.05) is 19.6 Å². The van der Waals surface area contributed by atoms with Crippen LogP contribution in [0.1, 0.15) is 76.2 Å². The van der Waals surface area contributed by atoms with Crippen LogP contribution in [0.4, 0.5) is 0 Å². The number of piperidine rings is 1. The number of benzene rings is 2. The molecule has 0 radical (unpaired) electrons. The van der Waals surface area contributed by atoms with E-state index in [1.54, 1.807) is 0 Å². The van der Waals surface area contributed by atoms with Gasteiger partial charge < -0.3 is 20.7 Å². The fraction of sp³-hybridized carbons (Fsp3) is 0.500. The Morgan fingerprint density at radius 1 is 0.951 bits per heavy atom. The van der Waals surface area contributed by atoms with Crippen molar-refractivity contribution in [1.29, 1.82) is 0 Å². The molecule has 3 aliphatic rings. The summed E-state index contributed by atoms with van der Waals surface area (Å²) in [6.07, 6.45) is 13.4. The average molecular weight is 557 g/mol. The molecular formula is C34H44N4O3. The van der Waals surface area contributed by atoms with Crippen LogP contribution in [0.3, 0.4) is 0 Å². The van der Waals surface area contributed by atoms with Crippen molar-refractivity contribution in [3.63, 3.8) is 0 Å². The molecule has 2 fully saturated rings. The first kappa shape index (κ1) is 28.9. The monoisotopic (exact) mass is 556 g/mol. The number of hydrogen-bond acceptors (Lipinski definition) is 6. The molecule has 1 aliphatic carbocycles. The van der Waals surface area contributed by atoms with Crippen LogP contribution in [-0.2, 0) is 9.59 Å². The van der Waals surface area contributed by atoms with Crippen LogP contribution in [0.15, 0.2) is 65.2 Å². The van der Waals surface area contributed by atoms with E-state index in [0.29, 0.717) is 47.6 Å². The maximum Gasteiger partial charge on any atom is 0.222 e. The van der Waals surface area contributed by atoms with Gasteiger partial charge in [-0.3, -0.25) is 14.6 Å². The summed E-state index contributed by atoms with van der Waals surface area (Å²) in [5.74, 6) is 3.62. The minimum Gasteiger partial charge on any atom is -0.457 e. The number of carbonyl (C=O) groups excluding carboxylic acids is 2. The summed E-state index contributed by atoms with van der Waals surface area (Å²) in [6.45, 7) is 2.28. The van der Waals surface area contributed by atoms with E-state index >= 15 is 0 Å². The standard InChI is InChI=1S/C34H44N4O3/c35-33(27-14-16-29(17-15-27)41-28-11-5-2-6-12-28)30(24-39)34-36-21-18-31(37-34)26-19-22-38(23-20-26)32(40)13-7-10-25-8-3-1-4-9-25/h2,5-6,11-12,14-17,24-26,31H,1,3-4,7-10,13,18-23,35H2,(H,36,37)/t31-/m0/s1. The molecule has 1 saturated heterocycles. The summed E-state index contributed by atoms with van der Waals surface area (Å²) in [6, 6.07) is 17.2. The van der Waals surface area contributed by atoms with E-state index in [1.165, 1.54) is 38.5 Å². The third kappa shape index (κ3) is 7.78. The summed E-state index contributed by atoms with van der Waals surface area (Å²) in [5, 5.41) is 3.54. The number of likely N-dealkylation sites (tertiary alicyclic amines) is 1. The molecule has 0 aromatic heterocycles. The minimum absolute atomic E-state index is 0.218. The molecule has 2 aromatic rings. The smallest absolute Gasteiger partial charge is 0.222 e. The van der Waals surface area contributed by atoms with Crippen LogP contribution in [0.5, 0.6) is 11.5 Å². The second-order valence-corrected chi connectivity index (χ2v) is 11.8. The lowest BCUT2D eigenvalue weighted by atomic mass is 9.85. The number of rotatable bonds is 10. The first-order valence-corrected chi connectivity index (χ1v) is 15.5. The average Bonchev–Trinajstić information content (AvgIpc) is 3.03. The predicted octanol–water partition coefficient (Wildman–Crippen LogP) is 6.10. The van der Waals surface area contributed by atoms with Gasteiger partial charge in [0, 0.05) is 32.1 Å². The number of carbonyl (C=O) groups is 2. The van der Waals surface area contributed by atoms with Crippen molar-refractivity contribution in [2.24, 2.45) is 22.6 Å². The highest BCUT2D eigenvalue weighted by Gasteiger charge is 2.31. The molecule has 1 saturated carbocycles. The van der Waals surface area contributed by atoms with Gasteiger partial charge in [-0.2, -0.15) is 0 Å². The number of para-hydroxylation sites is 1. The van der Waals surface area contributed by atoms with Crippen LogP contribution in [0.25, 0.3) is 5.70 Å². The summed E-state index contributed by atoms with van der Waals surface area (Å²) in [4.78, 5) is 31.7. The van der Waals surface area contributed by atoms with Gasteiger partial charge in [0.15, 0.2) is 6.29 Å². The largest absolute Gasteiger partial charge is 0.457 e. The molecular weight excluding hydrogens is 512 g/mol. The molecule has 1 atom stereocenters. The van der Waals surface area contributed by atoms with Crippen molar-refractivity contribution in [1.82, 2.24) is 10.2 Å². The number of aliphatic imine (C=N–C) groups is 1. The highest BCUT2D eigenvalue weighted by atomic mass is 16.5. The molecule has 5 rings (SSSR count). The Bertz CT molecular complexity index is 1210. The molecule has 41 heavy (non-hydrogen) atoms. The van der Waals surface area contributed by atoms with Gasteiger partial charge in [0.2, 0.25) is 5.91 Å². The van der Waals surface area contributed by atoms with Crippen LogP contribution < -0.4 is 15.8 Å². The van der Waals surface area contributed by atoms with Gasteiger partial charge >= 0.3 is 0 Å². The number of aldehydes is 1. The van der Waals surface area contributed by atoms with E-state index in [1.807, 2.05) is 54.6 Å². The molecule has 7 heteroatoms. The van der Waals surface area contributed by atoms with Gasteiger partial charge in [-0.15, -0.1) is 0 Å². The highest BCUT2D eigenvalue weighted by molar-refractivity contribution is 6.19. The maximum atomic E-state index is 12.8. The lowest BCUT2D eigenvalue weighted by Crippen LogP contribution is -2.49. The van der Waals surface area contributed by atoms with Crippen molar-refractivity contribution >= 4 is 23.7 Å². The molecule has 218 valence electrons. The first-order chi connectivity index (χ1) is 20.1. The summed E-state index contributed by atoms with van der Waals surface area (Å²) >= 11 is 0. The zero-order valence-corrected chi connectivity index (χ0v) is 24.1. The van der Waals surface area contributed by atoms with E-state index in [-0.39, 0.29) is 6.04 Å². The van der Waals surface area contributed by atoms with Gasteiger partial charge in [-0.1, -0.05) is 50.3 Å². The third-order valence-electron chi connectivity index (χ3n) is 9.03. The second-order valence-electron chi connectivity index (χ2n) is 11.8. The number of nitrogens with two attached hydrogens (primary N) is 1. The Hall–Kier alpha value is -3.61. The van der Waals surface area contributed by atoms with Gasteiger partial charge in [0.05, 0.1) is 11.3 Å². The van der Waals surface area contributed by atoms with Crippen LogP contribution in [0.2, 0.25) is 0 Å². The Kier molecular flexibility index (Phi) is 10.1. The van der Waals surface area contributed by atoms with Gasteiger partial charge in [-0.25, -0.2) is 0 Å². The van der Waals surface area contributed by atoms with Gasteiger partial charge in [0.25, 0.3) is 0 Å². The quantitative estimate of drug-likeness (QED) is 0.272. The Labute approximate surface area is 244 Å². The van der Waals surface area contributed by atoms with Gasteiger partial charge in [0.1, 0.15) is 17.3 Å². The third-order valence-corrected chi connectivity index (χ3v) is 9.03. The SMILES string of the molecule is NC(=C(C=O)C1=NCC[C@@H](C2CCN(C(=O)CCCC3CCCCC3)CC2)N1)c1ccc(Oc2ccccc2)cc1. The fourth-order valence-corrected chi connectivity index (χ4v) is 6.58. The number of nitrogens with one attached hydrogen (secondary N) is 1. The first-order valence-electron chi connectivity index (χ1n) is 15.5. The number of nitrogens with zero attached hydrogens (tertiary/aromatic N) is 2. The van der Waals surface area contributed by atoms with Crippen LogP contribution in [0, 0.1) is 11.8 Å². The Balaban J connectivity index is 1.12. The molecule has 0 unspecified atom stereocenters. The minimum atomic E-state index is 0.218. The van der Waals surface area contributed by atoms with Crippen molar-refractivity contribution in [3.8, 4) is 11.5 Å². The van der Waals surface area contributed by atoms with Crippen LogP contribution in [-0.4, -0.2) is 48.6 Å². The summed E-state index contributed by atoms with van der Waals surface area (Å²) in [7, 11) is 0. The number of hydrogen-bond donors (Lipinski definition) is 2. The lowest BCUT2D eigenvalue weighted by Gasteiger charge is -2.38. The molecule has 2 heterocycles. The molecule has 2 aliphatic heterocycles. The Morgan fingerprint density at radius 2 is 1.66 bits per heavy atom. The molecule has 3 N–H and O–H groups in total. The van der Waals surface area contributed by atoms with Crippen LogP contribution >= 0.6 is 0 Å². The molecule has 1 amide bonds. The number of amidine groups is 1. The van der Waals surface area contributed by atoms with Crippen molar-refractivity contribution < 1.29 is 14.3 Å². The predicted molar refractivity (Wildman–Crippen MR) is 164 cm³/mol. The van der Waals surface area contributed by atoms with Crippen molar-refractivity contribution in [2.45, 2.75) is 76.7 Å². The number of ether oxygens (including phenoxy) is 1. The molecule has 0 bridgehead atoms. The maximum absolute atomic E-state index is 12.8. The van der Waals surface area contributed by atoms with E-state index in [0.717, 1.165) is 62.3 Å². The molecule has 0 spiro atoms. The highest BCUT2D eigenvalue weighted by Crippen LogP contribution is 2.29. The lowest BCUT2D eigenvalue weighted by molar-refractivity contribution is -0.132. The molecule has 2 aromatic carbocycles. The van der Waals surface area contributed by atoms with E-state index < -0.39 is 0 Å². The normalized spacial score (nSPS) is 20.9. The second kappa shape index (κ2) is 14.3. The molecule has 7 nitrogen and oxygen atoms in total. The van der Waals surface area contributed by atoms with E-state index in [9.17, 15) is 9.59 Å². The zero-order valence-electron chi connectivity index (χ0n) is 24.1. The summed E-state index contributed by atoms with van der Waals surface area (Å²) in [5.41, 5.74) is 8.01. The fourth-order valence-electron chi connectivity index (χ4n) is 6.58. The Morgan fingerprint density at radius 3 is 2.37 bits per heavy atom. The van der Waals surface area contributed by atoms with E-state index in [4.69, 9.17) is 10.5 Å². The van der Waals surface area contributed by atoms with E-state index in [2.05, 4.69) is 15.2 Å². The van der Waals surface area contributed by atoms with Crippen molar-refractivity contribution in [3.05, 3.63) is 65.7 Å².